The van der Waals surface area contributed by atoms with E-state index < -0.39 is 5.92 Å². The van der Waals surface area contributed by atoms with Crippen molar-refractivity contribution in [1.29, 1.82) is 0 Å². The van der Waals surface area contributed by atoms with Gasteiger partial charge in [0.05, 0.1) is 13.2 Å². The maximum absolute atomic E-state index is 14.1. The normalized spacial score (nSPS) is 11.6. The molecule has 3 nitrogen and oxygen atoms in total. The van der Waals surface area contributed by atoms with Crippen LogP contribution in [0.3, 0.4) is 0 Å². The first-order valence-corrected chi connectivity index (χ1v) is 7.41. The molecule has 0 atom stereocenters. The number of methoxy groups -OCH3 is 1. The minimum atomic E-state index is -2.91. The summed E-state index contributed by atoms with van der Waals surface area (Å²) in [5, 5.41) is 2.76. The Bertz CT molecular complexity index is 400. The fourth-order valence-corrected chi connectivity index (χ4v) is 1.84. The zero-order valence-electron chi connectivity index (χ0n) is 12.8. The monoisotopic (exact) mass is 301 g/mol. The Balaban J connectivity index is 2.50. The van der Waals surface area contributed by atoms with E-state index >= 15 is 0 Å². The lowest BCUT2D eigenvalue weighted by Gasteiger charge is -2.18. The third kappa shape index (κ3) is 6.87. The summed E-state index contributed by atoms with van der Waals surface area (Å²) in [7, 11) is 1.60. The molecule has 0 unspecified atom stereocenters. The number of ether oxygens (including phenoxy) is 2. The van der Waals surface area contributed by atoms with Crippen molar-refractivity contribution in [2.24, 2.45) is 0 Å². The van der Waals surface area contributed by atoms with Crippen LogP contribution in [0.1, 0.15) is 31.7 Å². The predicted octanol–water partition coefficient (Wildman–Crippen LogP) is 3.58. The molecule has 0 bridgehead atoms. The maximum atomic E-state index is 14.1. The first kappa shape index (κ1) is 17.9. The standard InChI is InChI=1S/C16H25F2NO2/c1-3-4-11-21-15-8-5-7-14(12-15)16(17,18)13-19-9-6-10-20-2/h5,7-8,12,19H,3-4,6,9-11,13H2,1-2H3. The number of hydrogen-bond acceptors (Lipinski definition) is 3. The van der Waals surface area contributed by atoms with E-state index in [0.717, 1.165) is 12.8 Å². The van der Waals surface area contributed by atoms with Crippen molar-refractivity contribution in [2.45, 2.75) is 32.1 Å². The van der Waals surface area contributed by atoms with Gasteiger partial charge in [0.1, 0.15) is 5.75 Å². The molecule has 1 aromatic carbocycles. The molecule has 1 aromatic rings. The molecule has 0 fully saturated rings. The number of unbranched alkanes of at least 4 members (excludes halogenated alkanes) is 1. The molecule has 0 saturated carbocycles. The van der Waals surface area contributed by atoms with Crippen LogP contribution < -0.4 is 10.1 Å². The molecule has 5 heteroatoms. The van der Waals surface area contributed by atoms with Gasteiger partial charge in [-0.2, -0.15) is 8.78 Å². The quantitative estimate of drug-likeness (QED) is 0.634. The molecule has 0 amide bonds. The molecule has 0 aliphatic heterocycles. The highest BCUT2D eigenvalue weighted by molar-refractivity contribution is 5.31. The molecule has 21 heavy (non-hydrogen) atoms. The van der Waals surface area contributed by atoms with Crippen molar-refractivity contribution in [3.63, 3.8) is 0 Å². The van der Waals surface area contributed by atoms with E-state index in [9.17, 15) is 8.78 Å². The van der Waals surface area contributed by atoms with Crippen molar-refractivity contribution >= 4 is 0 Å². The van der Waals surface area contributed by atoms with Gasteiger partial charge in [-0.25, -0.2) is 0 Å². The summed E-state index contributed by atoms with van der Waals surface area (Å²) < 4.78 is 38.5. The molecule has 0 aliphatic carbocycles. The average molecular weight is 301 g/mol. The molecule has 120 valence electrons. The third-order valence-corrected chi connectivity index (χ3v) is 3.07. The van der Waals surface area contributed by atoms with E-state index in [2.05, 4.69) is 12.2 Å². The van der Waals surface area contributed by atoms with Crippen molar-refractivity contribution in [2.75, 3.05) is 33.4 Å². The summed E-state index contributed by atoms with van der Waals surface area (Å²) in [6.45, 7) is 3.31. The van der Waals surface area contributed by atoms with Crippen LogP contribution in [-0.4, -0.2) is 33.4 Å². The highest BCUT2D eigenvalue weighted by Gasteiger charge is 2.31. The Hall–Kier alpha value is -1.20. The molecule has 0 heterocycles. The fourth-order valence-electron chi connectivity index (χ4n) is 1.84. The Morgan fingerprint density at radius 2 is 2.00 bits per heavy atom. The van der Waals surface area contributed by atoms with E-state index in [4.69, 9.17) is 9.47 Å². The number of halogens is 2. The van der Waals surface area contributed by atoms with Gasteiger partial charge in [0.15, 0.2) is 0 Å². The van der Waals surface area contributed by atoms with Crippen LogP contribution in [0.25, 0.3) is 0 Å². The van der Waals surface area contributed by atoms with Crippen molar-refractivity contribution in [1.82, 2.24) is 5.32 Å². The van der Waals surface area contributed by atoms with Crippen LogP contribution in [-0.2, 0) is 10.7 Å². The van der Waals surface area contributed by atoms with Gasteiger partial charge in [-0.1, -0.05) is 25.5 Å². The Kier molecular flexibility index (Phi) is 8.23. The zero-order chi connectivity index (χ0) is 15.6. The summed E-state index contributed by atoms with van der Waals surface area (Å²) in [6.07, 6.45) is 2.65. The molecule has 0 aromatic heterocycles. The molecular weight excluding hydrogens is 276 g/mol. The smallest absolute Gasteiger partial charge is 0.285 e. The second kappa shape index (κ2) is 9.68. The minimum Gasteiger partial charge on any atom is -0.494 e. The number of alkyl halides is 2. The van der Waals surface area contributed by atoms with Gasteiger partial charge in [-0.05, 0) is 31.5 Å². The van der Waals surface area contributed by atoms with Gasteiger partial charge in [-0.15, -0.1) is 0 Å². The van der Waals surface area contributed by atoms with Crippen molar-refractivity contribution in [3.05, 3.63) is 29.8 Å². The van der Waals surface area contributed by atoms with E-state index in [1.54, 1.807) is 19.2 Å². The molecular formula is C16H25F2NO2. The molecule has 0 aliphatic rings. The summed E-state index contributed by atoms with van der Waals surface area (Å²) in [4.78, 5) is 0. The second-order valence-corrected chi connectivity index (χ2v) is 4.96. The lowest BCUT2D eigenvalue weighted by atomic mass is 10.1. The van der Waals surface area contributed by atoms with Gasteiger partial charge < -0.3 is 14.8 Å². The van der Waals surface area contributed by atoms with E-state index in [1.807, 2.05) is 0 Å². The van der Waals surface area contributed by atoms with Crippen LogP contribution in [0.4, 0.5) is 8.78 Å². The van der Waals surface area contributed by atoms with E-state index in [0.29, 0.717) is 31.9 Å². The Morgan fingerprint density at radius 1 is 1.19 bits per heavy atom. The Morgan fingerprint density at radius 3 is 2.71 bits per heavy atom. The largest absolute Gasteiger partial charge is 0.494 e. The molecule has 0 radical (unpaired) electrons. The van der Waals surface area contributed by atoms with E-state index in [1.165, 1.54) is 12.1 Å². The number of rotatable bonds is 11. The lowest BCUT2D eigenvalue weighted by molar-refractivity contribution is -0.00355. The van der Waals surface area contributed by atoms with Gasteiger partial charge >= 0.3 is 0 Å². The summed E-state index contributed by atoms with van der Waals surface area (Å²) >= 11 is 0. The van der Waals surface area contributed by atoms with Gasteiger partial charge in [0, 0.05) is 19.3 Å². The van der Waals surface area contributed by atoms with Crippen molar-refractivity contribution < 1.29 is 18.3 Å². The first-order valence-electron chi connectivity index (χ1n) is 7.41. The fraction of sp³-hybridized carbons (Fsp3) is 0.625. The SMILES string of the molecule is CCCCOc1cccc(C(F)(F)CNCCCOC)c1. The molecule has 1 rings (SSSR count). The number of nitrogens with one attached hydrogen (secondary N) is 1. The van der Waals surface area contributed by atoms with Crippen LogP contribution in [0.2, 0.25) is 0 Å². The Labute approximate surface area is 125 Å². The van der Waals surface area contributed by atoms with Gasteiger partial charge in [-0.3, -0.25) is 0 Å². The zero-order valence-corrected chi connectivity index (χ0v) is 12.8. The van der Waals surface area contributed by atoms with Crippen LogP contribution in [0.5, 0.6) is 5.75 Å². The maximum Gasteiger partial charge on any atom is 0.285 e. The second-order valence-electron chi connectivity index (χ2n) is 4.96. The first-order chi connectivity index (χ1) is 10.1. The van der Waals surface area contributed by atoms with Crippen LogP contribution in [0.15, 0.2) is 24.3 Å². The summed E-state index contributed by atoms with van der Waals surface area (Å²) in [5.74, 6) is -2.41. The average Bonchev–Trinajstić information content (AvgIpc) is 2.48. The molecule has 0 saturated heterocycles. The van der Waals surface area contributed by atoms with E-state index in [-0.39, 0.29) is 12.1 Å². The highest BCUT2D eigenvalue weighted by Crippen LogP contribution is 2.29. The van der Waals surface area contributed by atoms with Gasteiger partial charge in [0.25, 0.3) is 5.92 Å². The number of benzene rings is 1. The third-order valence-electron chi connectivity index (χ3n) is 3.07. The van der Waals surface area contributed by atoms with Gasteiger partial charge in [0.2, 0.25) is 0 Å². The topological polar surface area (TPSA) is 30.5 Å². The molecule has 1 N–H and O–H groups in total. The summed E-state index contributed by atoms with van der Waals surface area (Å²) in [5.41, 5.74) is -0.0178. The van der Waals surface area contributed by atoms with Crippen molar-refractivity contribution in [3.8, 4) is 5.75 Å². The minimum absolute atomic E-state index is 0.0178. The molecule has 0 spiro atoms. The number of hydrogen-bond donors (Lipinski definition) is 1. The highest BCUT2D eigenvalue weighted by atomic mass is 19.3. The lowest BCUT2D eigenvalue weighted by Crippen LogP contribution is -2.31. The van der Waals surface area contributed by atoms with Crippen LogP contribution >= 0.6 is 0 Å². The predicted molar refractivity (Wildman–Crippen MR) is 80.1 cm³/mol. The summed E-state index contributed by atoms with van der Waals surface area (Å²) in [6, 6.07) is 6.17. The van der Waals surface area contributed by atoms with Crippen LogP contribution in [0, 0.1) is 0 Å².